The number of benzene rings is 2. The molecule has 2 aromatic carbocycles. The number of carbonyl (C=O) groups is 1. The van der Waals surface area contributed by atoms with Crippen LogP contribution >= 0.6 is 0 Å². The maximum atomic E-state index is 13.0. The van der Waals surface area contributed by atoms with Crippen molar-refractivity contribution in [1.82, 2.24) is 19.6 Å². The van der Waals surface area contributed by atoms with E-state index >= 15 is 0 Å². The molecule has 0 saturated carbocycles. The molecule has 5 rings (SSSR count). The van der Waals surface area contributed by atoms with Crippen molar-refractivity contribution in [1.29, 1.82) is 0 Å². The zero-order valence-electron chi connectivity index (χ0n) is 20.8. The van der Waals surface area contributed by atoms with Gasteiger partial charge in [-0.1, -0.05) is 24.3 Å². The molecule has 1 fully saturated rings. The summed E-state index contributed by atoms with van der Waals surface area (Å²) < 4.78 is 13.5. The molecule has 1 saturated heterocycles. The Morgan fingerprint density at radius 3 is 2.58 bits per heavy atom. The first kappa shape index (κ1) is 23.9. The highest BCUT2D eigenvalue weighted by Gasteiger charge is 2.26. The number of aromatic nitrogens is 2. The monoisotopic (exact) mass is 484 g/mol. The van der Waals surface area contributed by atoms with Gasteiger partial charge >= 0.3 is 0 Å². The number of aryl methyl sites for hydroxylation is 1. The molecule has 1 N–H and O–H groups in total. The quantitative estimate of drug-likeness (QED) is 0.370. The second kappa shape index (κ2) is 10.8. The van der Waals surface area contributed by atoms with Gasteiger partial charge in [0, 0.05) is 30.1 Å². The van der Waals surface area contributed by atoms with Crippen molar-refractivity contribution < 1.29 is 14.3 Å². The van der Waals surface area contributed by atoms with E-state index in [0.29, 0.717) is 24.5 Å². The van der Waals surface area contributed by atoms with Gasteiger partial charge in [-0.3, -0.25) is 9.69 Å². The summed E-state index contributed by atoms with van der Waals surface area (Å²) in [5.74, 6) is 1.45. The molecule has 3 heterocycles. The molecule has 7 heteroatoms. The zero-order chi connectivity index (χ0) is 24.9. The van der Waals surface area contributed by atoms with Crippen LogP contribution in [0.25, 0.3) is 5.65 Å². The smallest absolute Gasteiger partial charge is 0.251 e. The lowest BCUT2D eigenvalue weighted by molar-refractivity contribution is 0.0937. The summed E-state index contributed by atoms with van der Waals surface area (Å²) in [6, 6.07) is 19.4. The summed E-state index contributed by atoms with van der Waals surface area (Å²) in [5.41, 5.74) is 4.62. The molecular weight excluding hydrogens is 452 g/mol. The fraction of sp³-hybridized carbons (Fsp3) is 0.310. The first-order valence-electron chi connectivity index (χ1n) is 12.4. The first-order valence-corrected chi connectivity index (χ1v) is 12.4. The second-order valence-electron chi connectivity index (χ2n) is 9.18. The van der Waals surface area contributed by atoms with Gasteiger partial charge in [-0.05, 0) is 74.8 Å². The minimum Gasteiger partial charge on any atom is -0.496 e. The van der Waals surface area contributed by atoms with Crippen molar-refractivity contribution >= 4 is 11.6 Å². The highest BCUT2D eigenvalue weighted by Crippen LogP contribution is 2.31. The van der Waals surface area contributed by atoms with Gasteiger partial charge in [-0.15, -0.1) is 0 Å². The Bertz CT molecular complexity index is 1330. The molecule has 0 spiro atoms. The lowest BCUT2D eigenvalue weighted by Gasteiger charge is -2.29. The van der Waals surface area contributed by atoms with Crippen molar-refractivity contribution in [3.05, 3.63) is 95.4 Å². The van der Waals surface area contributed by atoms with Crippen LogP contribution in [0.5, 0.6) is 11.5 Å². The Balaban J connectivity index is 1.21. The Morgan fingerprint density at radius 1 is 1.06 bits per heavy atom. The highest BCUT2D eigenvalue weighted by atomic mass is 16.5. The van der Waals surface area contributed by atoms with Crippen molar-refractivity contribution in [3.8, 4) is 11.5 Å². The third-order valence-electron chi connectivity index (χ3n) is 6.77. The number of para-hydroxylation sites is 1. The van der Waals surface area contributed by atoms with Crippen LogP contribution in [0.1, 0.15) is 46.1 Å². The van der Waals surface area contributed by atoms with E-state index in [0.717, 1.165) is 41.3 Å². The second-order valence-corrected chi connectivity index (χ2v) is 9.18. The van der Waals surface area contributed by atoms with Crippen molar-refractivity contribution in [3.63, 3.8) is 0 Å². The molecule has 0 aliphatic carbocycles. The van der Waals surface area contributed by atoms with E-state index in [1.165, 1.54) is 12.8 Å². The van der Waals surface area contributed by atoms with Gasteiger partial charge in [0.15, 0.2) is 0 Å². The van der Waals surface area contributed by atoms with Crippen LogP contribution in [0.15, 0.2) is 73.1 Å². The van der Waals surface area contributed by atoms with E-state index in [1.807, 2.05) is 66.2 Å². The summed E-state index contributed by atoms with van der Waals surface area (Å²) in [4.78, 5) is 20.0. The first-order chi connectivity index (χ1) is 17.6. The molecule has 2 aromatic heterocycles. The number of amides is 1. The van der Waals surface area contributed by atoms with Crippen molar-refractivity contribution in [2.75, 3.05) is 26.7 Å². The molecule has 0 bridgehead atoms. The summed E-state index contributed by atoms with van der Waals surface area (Å²) >= 11 is 0. The predicted octanol–water partition coefficient (Wildman–Crippen LogP) is 4.80. The Kier molecular flexibility index (Phi) is 7.18. The molecule has 1 unspecified atom stereocenters. The number of pyridine rings is 1. The molecule has 36 heavy (non-hydrogen) atoms. The van der Waals surface area contributed by atoms with E-state index in [2.05, 4.69) is 21.3 Å². The highest BCUT2D eigenvalue weighted by molar-refractivity contribution is 5.94. The van der Waals surface area contributed by atoms with E-state index in [4.69, 9.17) is 9.47 Å². The molecule has 1 atom stereocenters. The van der Waals surface area contributed by atoms with Crippen LogP contribution in [0, 0.1) is 6.92 Å². The van der Waals surface area contributed by atoms with Gasteiger partial charge in [0.05, 0.1) is 18.8 Å². The topological polar surface area (TPSA) is 68.1 Å². The number of rotatable bonds is 9. The number of methoxy groups -OCH3 is 1. The van der Waals surface area contributed by atoms with Gasteiger partial charge in [-0.25, -0.2) is 4.98 Å². The molecule has 1 aliphatic rings. The maximum absolute atomic E-state index is 13.0. The number of hydrogen-bond donors (Lipinski definition) is 1. The molecule has 7 nitrogen and oxygen atoms in total. The molecule has 186 valence electrons. The van der Waals surface area contributed by atoms with E-state index in [-0.39, 0.29) is 11.9 Å². The Morgan fingerprint density at radius 2 is 1.83 bits per heavy atom. The van der Waals surface area contributed by atoms with E-state index in [1.54, 1.807) is 19.2 Å². The van der Waals surface area contributed by atoms with E-state index in [9.17, 15) is 4.79 Å². The van der Waals surface area contributed by atoms with Gasteiger partial charge in [0.1, 0.15) is 23.8 Å². The molecule has 0 radical (unpaired) electrons. The molecule has 4 aromatic rings. The van der Waals surface area contributed by atoms with Crippen molar-refractivity contribution in [2.24, 2.45) is 0 Å². The van der Waals surface area contributed by atoms with Gasteiger partial charge < -0.3 is 19.2 Å². The van der Waals surface area contributed by atoms with Crippen LogP contribution in [0.3, 0.4) is 0 Å². The fourth-order valence-electron chi connectivity index (χ4n) is 4.86. The summed E-state index contributed by atoms with van der Waals surface area (Å²) in [6.07, 6.45) is 6.31. The van der Waals surface area contributed by atoms with Crippen molar-refractivity contribution in [2.45, 2.75) is 32.4 Å². The third-order valence-corrected chi connectivity index (χ3v) is 6.77. The van der Waals surface area contributed by atoms with E-state index < -0.39 is 0 Å². The third kappa shape index (κ3) is 5.21. The number of imidazole rings is 1. The summed E-state index contributed by atoms with van der Waals surface area (Å²) in [6.45, 7) is 4.97. The van der Waals surface area contributed by atoms with Gasteiger partial charge in [-0.2, -0.15) is 0 Å². The standard InChI is InChI=1S/C29H32N4O3/c1-21-8-7-17-33-19-23(31-28(21)33)20-36-24-13-11-22(12-14-24)29(34)30-18-26(32-15-5-6-16-32)25-9-3-4-10-27(25)35-2/h3-4,7-14,17,19,26H,5-6,15-16,18,20H2,1-2H3,(H,30,34). The predicted molar refractivity (Wildman–Crippen MR) is 140 cm³/mol. The molecule has 1 amide bonds. The Hall–Kier alpha value is -3.84. The van der Waals surface area contributed by atoms with Crippen LogP contribution < -0.4 is 14.8 Å². The van der Waals surface area contributed by atoms with Gasteiger partial charge in [0.2, 0.25) is 0 Å². The average molecular weight is 485 g/mol. The van der Waals surface area contributed by atoms with Crippen LogP contribution in [0.4, 0.5) is 0 Å². The number of hydrogen-bond acceptors (Lipinski definition) is 5. The normalized spacial score (nSPS) is 14.6. The lowest BCUT2D eigenvalue weighted by atomic mass is 10.0. The number of ether oxygens (including phenoxy) is 2. The minimum atomic E-state index is -0.100. The number of nitrogens with one attached hydrogen (secondary N) is 1. The largest absolute Gasteiger partial charge is 0.496 e. The minimum absolute atomic E-state index is 0.0734. The van der Waals surface area contributed by atoms with Crippen LogP contribution in [0.2, 0.25) is 0 Å². The SMILES string of the molecule is COc1ccccc1C(CNC(=O)c1ccc(OCc2cn3cccc(C)c3n2)cc1)N1CCCC1. The summed E-state index contributed by atoms with van der Waals surface area (Å²) in [7, 11) is 1.69. The van der Waals surface area contributed by atoms with Crippen LogP contribution in [-0.2, 0) is 6.61 Å². The van der Waals surface area contributed by atoms with Crippen LogP contribution in [-0.4, -0.2) is 46.9 Å². The Labute approximate surface area is 211 Å². The summed E-state index contributed by atoms with van der Waals surface area (Å²) in [5, 5.41) is 3.13. The molecule has 1 aliphatic heterocycles. The van der Waals surface area contributed by atoms with Gasteiger partial charge in [0.25, 0.3) is 5.91 Å². The zero-order valence-corrected chi connectivity index (χ0v) is 20.8. The number of fused-ring (bicyclic) bond motifs is 1. The maximum Gasteiger partial charge on any atom is 0.251 e. The molecular formula is C29H32N4O3. The number of likely N-dealkylation sites (tertiary alicyclic amines) is 1. The number of nitrogens with zero attached hydrogens (tertiary/aromatic N) is 3. The average Bonchev–Trinajstić information content (AvgIpc) is 3.59. The number of carbonyl (C=O) groups excluding carboxylic acids is 1. The lowest BCUT2D eigenvalue weighted by Crippen LogP contribution is -2.37. The fourth-order valence-corrected chi connectivity index (χ4v) is 4.86.